The molecule has 1 atom stereocenters. The molecule has 0 fully saturated rings. The van der Waals surface area contributed by atoms with Gasteiger partial charge in [-0.15, -0.1) is 0 Å². The van der Waals surface area contributed by atoms with Crippen molar-refractivity contribution in [2.75, 3.05) is 0 Å². The molecule has 112 valence electrons. The van der Waals surface area contributed by atoms with Gasteiger partial charge in [-0.25, -0.2) is 4.39 Å². The van der Waals surface area contributed by atoms with Gasteiger partial charge in [-0.05, 0) is 48.1 Å². The molecule has 0 bridgehead atoms. The summed E-state index contributed by atoms with van der Waals surface area (Å²) in [5, 5.41) is 3.44. The Hall–Kier alpha value is -1.67. The predicted octanol–water partition coefficient (Wildman–Crippen LogP) is 5.11. The Morgan fingerprint density at radius 1 is 0.952 bits per heavy atom. The first-order chi connectivity index (χ1) is 9.97. The summed E-state index contributed by atoms with van der Waals surface area (Å²) >= 11 is 0. The van der Waals surface area contributed by atoms with Crippen LogP contribution >= 0.6 is 0 Å². The number of nitrogens with one attached hydrogen (secondary N) is 1. The molecule has 2 rings (SSSR count). The third-order valence-corrected chi connectivity index (χ3v) is 3.95. The van der Waals surface area contributed by atoms with E-state index in [2.05, 4.69) is 50.4 Å². The first-order valence-electron chi connectivity index (χ1n) is 7.55. The standard InChI is InChI=1S/C19H24FN/c1-13(2)17-9-6-16(7-10-17)12-21-15(4)18-8-5-14(3)19(20)11-18/h5-11,13,15,21H,12H2,1-4H3. The highest BCUT2D eigenvalue weighted by molar-refractivity contribution is 5.27. The van der Waals surface area contributed by atoms with Crippen LogP contribution in [0.5, 0.6) is 0 Å². The zero-order valence-electron chi connectivity index (χ0n) is 13.3. The Bertz CT molecular complexity index is 587. The van der Waals surface area contributed by atoms with Crippen molar-refractivity contribution in [3.8, 4) is 0 Å². The molecule has 0 aliphatic carbocycles. The topological polar surface area (TPSA) is 12.0 Å². The average molecular weight is 285 g/mol. The Morgan fingerprint density at radius 3 is 2.14 bits per heavy atom. The number of benzene rings is 2. The molecule has 1 nitrogen and oxygen atoms in total. The van der Waals surface area contributed by atoms with Crippen molar-refractivity contribution in [2.24, 2.45) is 0 Å². The molecule has 0 saturated carbocycles. The second kappa shape index (κ2) is 6.86. The van der Waals surface area contributed by atoms with Crippen LogP contribution in [-0.4, -0.2) is 0 Å². The molecule has 1 N–H and O–H groups in total. The number of halogens is 1. The maximum Gasteiger partial charge on any atom is 0.126 e. The SMILES string of the molecule is Cc1ccc(C(C)NCc2ccc(C(C)C)cc2)cc1F. The molecule has 21 heavy (non-hydrogen) atoms. The maximum absolute atomic E-state index is 13.6. The highest BCUT2D eigenvalue weighted by Crippen LogP contribution is 2.18. The fraction of sp³-hybridized carbons (Fsp3) is 0.368. The molecule has 1 unspecified atom stereocenters. The first-order valence-corrected chi connectivity index (χ1v) is 7.55. The van der Waals surface area contributed by atoms with E-state index in [1.165, 1.54) is 11.1 Å². The smallest absolute Gasteiger partial charge is 0.126 e. The van der Waals surface area contributed by atoms with Gasteiger partial charge in [0.2, 0.25) is 0 Å². The summed E-state index contributed by atoms with van der Waals surface area (Å²) in [6.45, 7) is 9.03. The Balaban J connectivity index is 1.97. The van der Waals surface area contributed by atoms with Gasteiger partial charge in [0, 0.05) is 12.6 Å². The molecule has 2 aromatic rings. The van der Waals surface area contributed by atoms with Gasteiger partial charge in [0.1, 0.15) is 5.82 Å². The lowest BCUT2D eigenvalue weighted by Crippen LogP contribution is -2.18. The quantitative estimate of drug-likeness (QED) is 0.805. The second-order valence-corrected chi connectivity index (χ2v) is 6.01. The van der Waals surface area contributed by atoms with Gasteiger partial charge in [-0.1, -0.05) is 50.2 Å². The number of rotatable bonds is 5. The maximum atomic E-state index is 13.6. The van der Waals surface area contributed by atoms with Gasteiger partial charge in [0.05, 0.1) is 0 Å². The minimum Gasteiger partial charge on any atom is -0.306 e. The van der Waals surface area contributed by atoms with Crippen LogP contribution in [0.25, 0.3) is 0 Å². The van der Waals surface area contributed by atoms with Crippen molar-refractivity contribution < 1.29 is 4.39 Å². The lowest BCUT2D eigenvalue weighted by Gasteiger charge is -2.15. The molecule has 0 aromatic heterocycles. The van der Waals surface area contributed by atoms with Gasteiger partial charge in [-0.3, -0.25) is 0 Å². The molecular formula is C19H24FN. The van der Waals surface area contributed by atoms with Crippen LogP contribution in [0.1, 0.15) is 55.0 Å². The zero-order chi connectivity index (χ0) is 15.4. The summed E-state index contributed by atoms with van der Waals surface area (Å²) in [7, 11) is 0. The summed E-state index contributed by atoms with van der Waals surface area (Å²) < 4.78 is 13.6. The van der Waals surface area contributed by atoms with Crippen LogP contribution in [0.3, 0.4) is 0 Å². The highest BCUT2D eigenvalue weighted by atomic mass is 19.1. The van der Waals surface area contributed by atoms with Gasteiger partial charge >= 0.3 is 0 Å². The summed E-state index contributed by atoms with van der Waals surface area (Å²) in [6.07, 6.45) is 0. The van der Waals surface area contributed by atoms with Crippen LogP contribution in [-0.2, 0) is 6.54 Å². The number of hydrogen-bond donors (Lipinski definition) is 1. The Kier molecular flexibility index (Phi) is 5.13. The van der Waals surface area contributed by atoms with Crippen molar-refractivity contribution in [1.82, 2.24) is 5.32 Å². The normalized spacial score (nSPS) is 12.7. The summed E-state index contributed by atoms with van der Waals surface area (Å²) in [4.78, 5) is 0. The molecule has 0 aliphatic rings. The average Bonchev–Trinajstić information content (AvgIpc) is 2.48. The first kappa shape index (κ1) is 15.7. The molecule has 0 amide bonds. The zero-order valence-corrected chi connectivity index (χ0v) is 13.3. The van der Waals surface area contributed by atoms with Crippen molar-refractivity contribution >= 4 is 0 Å². The largest absolute Gasteiger partial charge is 0.306 e. The number of hydrogen-bond acceptors (Lipinski definition) is 1. The lowest BCUT2D eigenvalue weighted by molar-refractivity contribution is 0.563. The van der Waals surface area contributed by atoms with Gasteiger partial charge in [-0.2, -0.15) is 0 Å². The molecular weight excluding hydrogens is 261 g/mol. The third-order valence-electron chi connectivity index (χ3n) is 3.95. The van der Waals surface area contributed by atoms with E-state index >= 15 is 0 Å². The van der Waals surface area contributed by atoms with Crippen molar-refractivity contribution in [3.63, 3.8) is 0 Å². The fourth-order valence-electron chi connectivity index (χ4n) is 2.29. The Labute approximate surface area is 127 Å². The van der Waals surface area contributed by atoms with E-state index in [9.17, 15) is 4.39 Å². The minimum atomic E-state index is -0.137. The van der Waals surface area contributed by atoms with E-state index in [0.717, 1.165) is 12.1 Å². The molecule has 0 spiro atoms. The van der Waals surface area contributed by atoms with Crippen molar-refractivity contribution in [2.45, 2.75) is 46.2 Å². The number of aryl methyl sites for hydroxylation is 1. The van der Waals surface area contributed by atoms with E-state index in [0.29, 0.717) is 11.5 Å². The lowest BCUT2D eigenvalue weighted by atomic mass is 10.0. The molecule has 0 saturated heterocycles. The van der Waals surface area contributed by atoms with Crippen molar-refractivity contribution in [3.05, 3.63) is 70.5 Å². The molecule has 0 heterocycles. The van der Waals surface area contributed by atoms with Gasteiger partial charge in [0.15, 0.2) is 0 Å². The summed E-state index contributed by atoms with van der Waals surface area (Å²) in [6, 6.07) is 14.2. The van der Waals surface area contributed by atoms with E-state index in [1.54, 1.807) is 13.0 Å². The van der Waals surface area contributed by atoms with Gasteiger partial charge in [0.25, 0.3) is 0 Å². The highest BCUT2D eigenvalue weighted by Gasteiger charge is 2.07. The van der Waals surface area contributed by atoms with Crippen LogP contribution < -0.4 is 5.32 Å². The molecule has 0 radical (unpaired) electrons. The van der Waals surface area contributed by atoms with E-state index < -0.39 is 0 Å². The minimum absolute atomic E-state index is 0.130. The van der Waals surface area contributed by atoms with Crippen LogP contribution in [0.2, 0.25) is 0 Å². The van der Waals surface area contributed by atoms with Crippen LogP contribution in [0, 0.1) is 12.7 Å². The third kappa shape index (κ3) is 4.15. The van der Waals surface area contributed by atoms with E-state index in [-0.39, 0.29) is 11.9 Å². The predicted molar refractivity (Wildman–Crippen MR) is 86.9 cm³/mol. The van der Waals surface area contributed by atoms with Crippen molar-refractivity contribution in [1.29, 1.82) is 0 Å². The molecule has 2 aromatic carbocycles. The summed E-state index contributed by atoms with van der Waals surface area (Å²) in [5.74, 6) is 0.420. The van der Waals surface area contributed by atoms with Crippen LogP contribution in [0.4, 0.5) is 4.39 Å². The second-order valence-electron chi connectivity index (χ2n) is 6.01. The fourth-order valence-corrected chi connectivity index (χ4v) is 2.29. The molecule has 2 heteroatoms. The van der Waals surface area contributed by atoms with E-state index in [1.807, 2.05) is 12.1 Å². The molecule has 0 aliphatic heterocycles. The van der Waals surface area contributed by atoms with E-state index in [4.69, 9.17) is 0 Å². The van der Waals surface area contributed by atoms with Crippen LogP contribution in [0.15, 0.2) is 42.5 Å². The van der Waals surface area contributed by atoms with Gasteiger partial charge < -0.3 is 5.32 Å². The monoisotopic (exact) mass is 285 g/mol. The Morgan fingerprint density at radius 2 is 1.57 bits per heavy atom. The summed E-state index contributed by atoms with van der Waals surface area (Å²) in [5.41, 5.74) is 4.28.